The monoisotopic (exact) mass is 362 g/mol. The number of amides is 1. The minimum Gasteiger partial charge on any atom is -0.493 e. The SMILES string of the molecule is CCc1cccc(C)c1NC(=O)CNc1cc(OC)c(OC)cc1Cl. The summed E-state index contributed by atoms with van der Waals surface area (Å²) in [5.74, 6) is 0.937. The summed E-state index contributed by atoms with van der Waals surface area (Å²) in [6.45, 7) is 4.13. The number of hydrogen-bond donors (Lipinski definition) is 2. The third-order valence-electron chi connectivity index (χ3n) is 3.92. The fourth-order valence-corrected chi connectivity index (χ4v) is 2.77. The molecule has 2 N–H and O–H groups in total. The zero-order chi connectivity index (χ0) is 18.4. The summed E-state index contributed by atoms with van der Waals surface area (Å²) >= 11 is 6.22. The maximum atomic E-state index is 12.3. The first kappa shape index (κ1) is 18.9. The molecular formula is C19H23ClN2O3. The molecule has 2 aromatic rings. The number of carbonyl (C=O) groups is 1. The number of halogens is 1. The van der Waals surface area contributed by atoms with E-state index in [-0.39, 0.29) is 12.5 Å². The zero-order valence-corrected chi connectivity index (χ0v) is 15.7. The van der Waals surface area contributed by atoms with Crippen molar-refractivity contribution in [3.63, 3.8) is 0 Å². The van der Waals surface area contributed by atoms with Gasteiger partial charge in [-0.25, -0.2) is 0 Å². The molecule has 0 spiro atoms. The molecule has 0 unspecified atom stereocenters. The number of methoxy groups -OCH3 is 2. The molecular weight excluding hydrogens is 340 g/mol. The van der Waals surface area contributed by atoms with E-state index in [1.54, 1.807) is 26.4 Å². The number of aryl methyl sites for hydroxylation is 2. The average Bonchev–Trinajstić information content (AvgIpc) is 2.61. The Kier molecular flexibility index (Phi) is 6.53. The minimum absolute atomic E-state index is 0.0900. The number of para-hydroxylation sites is 1. The Morgan fingerprint density at radius 2 is 1.84 bits per heavy atom. The van der Waals surface area contributed by atoms with Gasteiger partial charge < -0.3 is 20.1 Å². The van der Waals surface area contributed by atoms with E-state index in [1.165, 1.54) is 0 Å². The molecule has 5 nitrogen and oxygen atoms in total. The number of ether oxygens (including phenoxy) is 2. The first-order valence-electron chi connectivity index (χ1n) is 8.03. The Labute approximate surface area is 153 Å². The Morgan fingerprint density at radius 3 is 2.48 bits per heavy atom. The van der Waals surface area contributed by atoms with Crippen LogP contribution in [0.4, 0.5) is 11.4 Å². The van der Waals surface area contributed by atoms with Crippen LogP contribution in [0.15, 0.2) is 30.3 Å². The van der Waals surface area contributed by atoms with Crippen LogP contribution >= 0.6 is 11.6 Å². The molecule has 0 aliphatic rings. The van der Waals surface area contributed by atoms with Crippen molar-refractivity contribution in [2.75, 3.05) is 31.4 Å². The van der Waals surface area contributed by atoms with Crippen LogP contribution in [0.1, 0.15) is 18.1 Å². The Bertz CT molecular complexity index is 763. The van der Waals surface area contributed by atoms with E-state index in [0.29, 0.717) is 22.2 Å². The number of rotatable bonds is 7. The van der Waals surface area contributed by atoms with E-state index in [9.17, 15) is 4.79 Å². The average molecular weight is 363 g/mol. The first-order valence-corrected chi connectivity index (χ1v) is 8.41. The van der Waals surface area contributed by atoms with Gasteiger partial charge in [-0.05, 0) is 24.5 Å². The van der Waals surface area contributed by atoms with Crippen molar-refractivity contribution in [3.8, 4) is 11.5 Å². The third-order valence-corrected chi connectivity index (χ3v) is 4.23. The summed E-state index contributed by atoms with van der Waals surface area (Å²) in [5.41, 5.74) is 3.62. The summed E-state index contributed by atoms with van der Waals surface area (Å²) in [7, 11) is 3.09. The number of carbonyl (C=O) groups excluding carboxylic acids is 1. The Balaban J connectivity index is 2.08. The smallest absolute Gasteiger partial charge is 0.243 e. The number of anilines is 2. The van der Waals surface area contributed by atoms with Gasteiger partial charge in [0.15, 0.2) is 11.5 Å². The maximum absolute atomic E-state index is 12.3. The van der Waals surface area contributed by atoms with Gasteiger partial charge >= 0.3 is 0 Å². The Morgan fingerprint density at radius 1 is 1.16 bits per heavy atom. The van der Waals surface area contributed by atoms with Crippen LogP contribution in [0.2, 0.25) is 5.02 Å². The van der Waals surface area contributed by atoms with Crippen LogP contribution in [0.25, 0.3) is 0 Å². The van der Waals surface area contributed by atoms with E-state index >= 15 is 0 Å². The molecule has 0 atom stereocenters. The topological polar surface area (TPSA) is 59.6 Å². The highest BCUT2D eigenvalue weighted by atomic mass is 35.5. The summed E-state index contributed by atoms with van der Waals surface area (Å²) in [5, 5.41) is 6.46. The number of benzene rings is 2. The highest BCUT2D eigenvalue weighted by Crippen LogP contribution is 2.35. The van der Waals surface area contributed by atoms with Crippen LogP contribution in [-0.4, -0.2) is 26.7 Å². The normalized spacial score (nSPS) is 10.3. The van der Waals surface area contributed by atoms with Crippen molar-refractivity contribution in [2.45, 2.75) is 20.3 Å². The van der Waals surface area contributed by atoms with E-state index in [2.05, 4.69) is 17.6 Å². The number of nitrogens with one attached hydrogen (secondary N) is 2. The molecule has 0 fully saturated rings. The van der Waals surface area contributed by atoms with Crippen molar-refractivity contribution in [1.82, 2.24) is 0 Å². The van der Waals surface area contributed by atoms with Crippen molar-refractivity contribution >= 4 is 28.9 Å². The molecule has 0 saturated heterocycles. The molecule has 0 bridgehead atoms. The van der Waals surface area contributed by atoms with Gasteiger partial charge in [-0.2, -0.15) is 0 Å². The van der Waals surface area contributed by atoms with Crippen molar-refractivity contribution in [1.29, 1.82) is 0 Å². The van der Waals surface area contributed by atoms with Crippen LogP contribution in [0.3, 0.4) is 0 Å². The van der Waals surface area contributed by atoms with Crippen molar-refractivity contribution < 1.29 is 14.3 Å². The van der Waals surface area contributed by atoms with Gasteiger partial charge in [0.05, 0.1) is 31.5 Å². The maximum Gasteiger partial charge on any atom is 0.243 e. The van der Waals surface area contributed by atoms with Crippen LogP contribution in [0, 0.1) is 6.92 Å². The lowest BCUT2D eigenvalue weighted by Crippen LogP contribution is -2.23. The standard InChI is InChI=1S/C19H23ClN2O3/c1-5-13-8-6-7-12(2)19(13)22-18(23)11-21-15-10-17(25-4)16(24-3)9-14(15)20/h6-10,21H,5,11H2,1-4H3,(H,22,23). The lowest BCUT2D eigenvalue weighted by Gasteiger charge is -2.15. The predicted octanol–water partition coefficient (Wildman–Crippen LogP) is 4.28. The first-order chi connectivity index (χ1) is 12.0. The molecule has 6 heteroatoms. The van der Waals surface area contributed by atoms with Crippen molar-refractivity contribution in [2.24, 2.45) is 0 Å². The van der Waals surface area contributed by atoms with Gasteiger partial charge in [0.2, 0.25) is 5.91 Å². The van der Waals surface area contributed by atoms with E-state index in [0.717, 1.165) is 23.2 Å². The molecule has 1 amide bonds. The minimum atomic E-state index is -0.144. The molecule has 25 heavy (non-hydrogen) atoms. The molecule has 2 rings (SSSR count). The van der Waals surface area contributed by atoms with Gasteiger partial charge in [-0.1, -0.05) is 36.7 Å². The van der Waals surface area contributed by atoms with Crippen LogP contribution in [0.5, 0.6) is 11.5 Å². The van der Waals surface area contributed by atoms with E-state index in [4.69, 9.17) is 21.1 Å². The molecule has 0 radical (unpaired) electrons. The summed E-state index contributed by atoms with van der Waals surface area (Å²) in [6.07, 6.45) is 0.853. The van der Waals surface area contributed by atoms with Gasteiger partial charge in [0, 0.05) is 17.8 Å². The molecule has 0 saturated carbocycles. The van der Waals surface area contributed by atoms with Gasteiger partial charge in [-0.3, -0.25) is 4.79 Å². The lowest BCUT2D eigenvalue weighted by molar-refractivity contribution is -0.114. The van der Waals surface area contributed by atoms with Crippen LogP contribution < -0.4 is 20.1 Å². The predicted molar refractivity (Wildman–Crippen MR) is 102 cm³/mol. The molecule has 0 heterocycles. The molecule has 2 aromatic carbocycles. The summed E-state index contributed by atoms with van der Waals surface area (Å²) in [6, 6.07) is 9.34. The second-order valence-electron chi connectivity index (χ2n) is 5.55. The summed E-state index contributed by atoms with van der Waals surface area (Å²) in [4.78, 5) is 12.3. The van der Waals surface area contributed by atoms with Gasteiger partial charge in [0.25, 0.3) is 0 Å². The van der Waals surface area contributed by atoms with E-state index in [1.807, 2.05) is 25.1 Å². The second kappa shape index (κ2) is 8.62. The zero-order valence-electron chi connectivity index (χ0n) is 14.9. The largest absolute Gasteiger partial charge is 0.493 e. The highest BCUT2D eigenvalue weighted by molar-refractivity contribution is 6.33. The highest BCUT2D eigenvalue weighted by Gasteiger charge is 2.12. The second-order valence-corrected chi connectivity index (χ2v) is 5.96. The fraction of sp³-hybridized carbons (Fsp3) is 0.316. The quantitative estimate of drug-likeness (QED) is 0.771. The van der Waals surface area contributed by atoms with Gasteiger partial charge in [-0.15, -0.1) is 0 Å². The fourth-order valence-electron chi connectivity index (χ4n) is 2.55. The molecule has 0 aliphatic carbocycles. The summed E-state index contributed by atoms with van der Waals surface area (Å²) < 4.78 is 10.5. The third kappa shape index (κ3) is 4.57. The van der Waals surface area contributed by atoms with Crippen molar-refractivity contribution in [3.05, 3.63) is 46.5 Å². The molecule has 134 valence electrons. The van der Waals surface area contributed by atoms with E-state index < -0.39 is 0 Å². The molecule has 0 aliphatic heterocycles. The number of hydrogen-bond acceptors (Lipinski definition) is 4. The molecule has 0 aromatic heterocycles. The van der Waals surface area contributed by atoms with Gasteiger partial charge in [0.1, 0.15) is 0 Å². The van der Waals surface area contributed by atoms with Crippen LogP contribution in [-0.2, 0) is 11.2 Å². The lowest BCUT2D eigenvalue weighted by atomic mass is 10.1. The Hall–Kier alpha value is -2.40.